The monoisotopic (exact) mass is 437 g/mol. The Morgan fingerprint density at radius 3 is 2.32 bits per heavy atom. The van der Waals surface area contributed by atoms with Crippen molar-refractivity contribution in [2.24, 2.45) is 0 Å². The van der Waals surface area contributed by atoms with Crippen LogP contribution < -0.4 is 5.32 Å². The molecule has 0 bridgehead atoms. The highest BCUT2D eigenvalue weighted by atomic mass is 35.5. The van der Waals surface area contributed by atoms with E-state index in [1.165, 1.54) is 0 Å². The van der Waals surface area contributed by atoms with Gasteiger partial charge in [0.2, 0.25) is 0 Å². The van der Waals surface area contributed by atoms with E-state index in [2.05, 4.69) is 10.4 Å². The predicted octanol–water partition coefficient (Wildman–Crippen LogP) is 3.89. The van der Waals surface area contributed by atoms with Crippen LogP contribution in [0, 0.1) is 0 Å². The lowest BCUT2D eigenvalue weighted by Crippen LogP contribution is -2.42. The molecular weight excluding hydrogens is 414 g/mol. The summed E-state index contributed by atoms with van der Waals surface area (Å²) in [5.74, 6) is -0.0186. The van der Waals surface area contributed by atoms with Crippen LogP contribution in [0.2, 0.25) is 5.02 Å². The summed E-state index contributed by atoms with van der Waals surface area (Å²) in [5.41, 5.74) is 1.58. The average Bonchev–Trinajstić information content (AvgIpc) is 3.19. The van der Waals surface area contributed by atoms with Gasteiger partial charge in [-0.1, -0.05) is 41.9 Å². The van der Waals surface area contributed by atoms with Crippen molar-refractivity contribution in [3.8, 4) is 0 Å². The van der Waals surface area contributed by atoms with Crippen molar-refractivity contribution in [1.29, 1.82) is 0 Å². The van der Waals surface area contributed by atoms with Gasteiger partial charge >= 0.3 is 6.03 Å². The lowest BCUT2D eigenvalue weighted by molar-refractivity contribution is -0.133. The summed E-state index contributed by atoms with van der Waals surface area (Å²) < 4.78 is 1.69. The number of anilines is 1. The van der Waals surface area contributed by atoms with Gasteiger partial charge in [0.25, 0.3) is 5.91 Å². The third-order valence-electron chi connectivity index (χ3n) is 5.33. The van der Waals surface area contributed by atoms with Crippen LogP contribution in [0.4, 0.5) is 10.5 Å². The van der Waals surface area contributed by atoms with E-state index >= 15 is 0 Å². The van der Waals surface area contributed by atoms with Crippen LogP contribution in [0.3, 0.4) is 0 Å². The van der Waals surface area contributed by atoms with E-state index in [0.29, 0.717) is 43.3 Å². The molecule has 0 radical (unpaired) electrons. The summed E-state index contributed by atoms with van der Waals surface area (Å²) in [4.78, 5) is 29.7. The van der Waals surface area contributed by atoms with Gasteiger partial charge < -0.3 is 15.1 Å². The van der Waals surface area contributed by atoms with Crippen molar-refractivity contribution < 1.29 is 9.59 Å². The molecule has 2 heterocycles. The van der Waals surface area contributed by atoms with Crippen LogP contribution in [0.25, 0.3) is 0 Å². The fourth-order valence-corrected chi connectivity index (χ4v) is 3.85. The third kappa shape index (κ3) is 5.06. The molecule has 3 aromatic rings. The second kappa shape index (κ2) is 9.66. The molecule has 1 aliphatic rings. The molecule has 1 unspecified atom stereocenters. The van der Waals surface area contributed by atoms with Gasteiger partial charge in [-0.3, -0.25) is 9.48 Å². The van der Waals surface area contributed by atoms with Crippen molar-refractivity contribution in [3.63, 3.8) is 0 Å². The first-order chi connectivity index (χ1) is 15.1. The highest BCUT2D eigenvalue weighted by Crippen LogP contribution is 2.21. The first kappa shape index (κ1) is 20.9. The largest absolute Gasteiger partial charge is 0.339 e. The van der Waals surface area contributed by atoms with Gasteiger partial charge in [0.05, 0.1) is 0 Å². The molecule has 0 saturated carbocycles. The Morgan fingerprint density at radius 2 is 1.61 bits per heavy atom. The van der Waals surface area contributed by atoms with E-state index in [1.54, 1.807) is 46.2 Å². The van der Waals surface area contributed by atoms with Crippen molar-refractivity contribution in [1.82, 2.24) is 19.6 Å². The number of hydrogen-bond acceptors (Lipinski definition) is 3. The molecule has 0 aliphatic carbocycles. The molecule has 1 fully saturated rings. The number of benzene rings is 2. The molecule has 4 rings (SSSR count). The van der Waals surface area contributed by atoms with E-state index in [-0.39, 0.29) is 11.9 Å². The number of rotatable bonds is 4. The smallest absolute Gasteiger partial charge is 0.321 e. The van der Waals surface area contributed by atoms with Crippen molar-refractivity contribution in [2.75, 3.05) is 31.5 Å². The second-order valence-electron chi connectivity index (χ2n) is 7.40. The number of carbonyl (C=O) groups is 2. The zero-order valence-electron chi connectivity index (χ0n) is 17.0. The van der Waals surface area contributed by atoms with Gasteiger partial charge in [-0.25, -0.2) is 4.79 Å². The van der Waals surface area contributed by atoms with Crippen LogP contribution in [-0.2, 0) is 4.79 Å². The topological polar surface area (TPSA) is 70.5 Å². The first-order valence-electron chi connectivity index (χ1n) is 10.3. The fraction of sp³-hybridized carbons (Fsp3) is 0.261. The molecule has 7 nitrogen and oxygen atoms in total. The lowest BCUT2D eigenvalue weighted by Gasteiger charge is -2.27. The average molecular weight is 438 g/mol. The quantitative estimate of drug-likeness (QED) is 0.673. The summed E-state index contributed by atoms with van der Waals surface area (Å²) in [7, 11) is 0. The first-order valence-corrected chi connectivity index (χ1v) is 10.6. The Kier molecular flexibility index (Phi) is 6.52. The maximum atomic E-state index is 13.5. The van der Waals surface area contributed by atoms with Gasteiger partial charge in [0.15, 0.2) is 6.04 Å². The lowest BCUT2D eigenvalue weighted by atomic mass is 10.1. The summed E-state index contributed by atoms with van der Waals surface area (Å²) in [6, 6.07) is 17.8. The van der Waals surface area contributed by atoms with Gasteiger partial charge in [0, 0.05) is 49.3 Å². The summed E-state index contributed by atoms with van der Waals surface area (Å²) >= 11 is 5.90. The maximum absolute atomic E-state index is 13.5. The van der Waals surface area contributed by atoms with Crippen molar-refractivity contribution in [3.05, 3.63) is 83.6 Å². The fourth-order valence-electron chi connectivity index (χ4n) is 3.73. The van der Waals surface area contributed by atoms with Crippen LogP contribution >= 0.6 is 11.6 Å². The Hall–Kier alpha value is -3.32. The zero-order valence-corrected chi connectivity index (χ0v) is 17.8. The molecule has 3 amide bonds. The van der Waals surface area contributed by atoms with E-state index in [4.69, 9.17) is 11.6 Å². The maximum Gasteiger partial charge on any atom is 0.321 e. The van der Waals surface area contributed by atoms with Crippen molar-refractivity contribution in [2.45, 2.75) is 12.5 Å². The number of hydrogen-bond donors (Lipinski definition) is 1. The van der Waals surface area contributed by atoms with E-state index in [9.17, 15) is 9.59 Å². The number of halogens is 1. The highest BCUT2D eigenvalue weighted by Gasteiger charge is 2.30. The predicted molar refractivity (Wildman–Crippen MR) is 120 cm³/mol. The molecule has 160 valence electrons. The normalized spacial score (nSPS) is 15.3. The van der Waals surface area contributed by atoms with Gasteiger partial charge in [-0.05, 0) is 42.3 Å². The highest BCUT2D eigenvalue weighted by molar-refractivity contribution is 6.30. The molecule has 1 saturated heterocycles. The van der Waals surface area contributed by atoms with Gasteiger partial charge in [-0.2, -0.15) is 5.10 Å². The summed E-state index contributed by atoms with van der Waals surface area (Å²) in [6.45, 7) is 2.11. The van der Waals surface area contributed by atoms with Crippen LogP contribution in [-0.4, -0.2) is 57.7 Å². The Bertz CT molecular complexity index is 1010. The SMILES string of the molecule is O=C(Nc1ccc(Cl)cc1)N1CCCN(C(=O)C(c2ccccc2)n2cccn2)CC1. The Morgan fingerprint density at radius 1 is 0.903 bits per heavy atom. The third-order valence-corrected chi connectivity index (χ3v) is 5.58. The van der Waals surface area contributed by atoms with Gasteiger partial charge in [0.1, 0.15) is 0 Å². The second-order valence-corrected chi connectivity index (χ2v) is 7.84. The Labute approximate surface area is 186 Å². The number of amides is 3. The number of nitrogens with zero attached hydrogens (tertiary/aromatic N) is 4. The molecule has 1 N–H and O–H groups in total. The standard InChI is InChI=1S/C23H24ClN5O2/c24-19-8-10-20(11-9-19)26-23(31)28-14-5-13-27(16-17-28)22(30)21(29-15-4-12-25-29)18-6-2-1-3-7-18/h1-4,6-12,15,21H,5,13-14,16-17H2,(H,26,31). The molecule has 2 aromatic carbocycles. The van der Waals surface area contributed by atoms with Crippen LogP contribution in [0.1, 0.15) is 18.0 Å². The molecule has 31 heavy (non-hydrogen) atoms. The summed E-state index contributed by atoms with van der Waals surface area (Å²) in [5, 5.41) is 7.82. The van der Waals surface area contributed by atoms with E-state index in [1.807, 2.05) is 41.3 Å². The molecule has 0 spiro atoms. The minimum atomic E-state index is -0.523. The number of urea groups is 1. The van der Waals surface area contributed by atoms with Crippen molar-refractivity contribution >= 4 is 29.2 Å². The molecule has 1 aromatic heterocycles. The summed E-state index contributed by atoms with van der Waals surface area (Å²) in [6.07, 6.45) is 4.19. The number of carbonyl (C=O) groups excluding carboxylic acids is 2. The minimum Gasteiger partial charge on any atom is -0.339 e. The zero-order chi connectivity index (χ0) is 21.6. The molecule has 1 atom stereocenters. The van der Waals surface area contributed by atoms with Crippen LogP contribution in [0.5, 0.6) is 0 Å². The molecule has 8 heteroatoms. The van der Waals surface area contributed by atoms with E-state index in [0.717, 1.165) is 5.56 Å². The molecular formula is C23H24ClN5O2. The van der Waals surface area contributed by atoms with Gasteiger partial charge in [-0.15, -0.1) is 0 Å². The van der Waals surface area contributed by atoms with E-state index < -0.39 is 6.04 Å². The minimum absolute atomic E-state index is 0.0186. The van der Waals surface area contributed by atoms with Crippen LogP contribution in [0.15, 0.2) is 73.1 Å². The number of aromatic nitrogens is 2. The molecule has 1 aliphatic heterocycles. The Balaban J connectivity index is 1.44. The number of nitrogens with one attached hydrogen (secondary N) is 1.